The number of nitrogens with zero attached hydrogens (tertiary/aromatic N) is 20. The molecule has 658 valence electrons. The number of pyridine rings is 1. The minimum atomic E-state index is 0.0371. The minimum Gasteiger partial charge on any atom is -0.238 e. The number of aromatic nitrogens is 19. The summed E-state index contributed by atoms with van der Waals surface area (Å²) in [4.78, 5) is 21.5. The molecule has 0 amide bonds. The molecule has 0 radical (unpaired) electrons. The molecule has 0 aliphatic heterocycles. The summed E-state index contributed by atoms with van der Waals surface area (Å²) in [7, 11) is 10.4. The fourth-order valence-electron chi connectivity index (χ4n) is 19.0. The van der Waals surface area contributed by atoms with Gasteiger partial charge >= 0.3 is 0 Å². The molecule has 133 heavy (non-hydrogen) atoms. The van der Waals surface area contributed by atoms with Gasteiger partial charge in [-0.1, -0.05) is 126 Å². The third kappa shape index (κ3) is 17.1. The van der Waals surface area contributed by atoms with Gasteiger partial charge in [-0.05, 0) is 204 Å². The van der Waals surface area contributed by atoms with Gasteiger partial charge in [-0.3, -0.25) is 0 Å². The average Bonchev–Trinajstić information content (AvgIpc) is 1.41. The van der Waals surface area contributed by atoms with Crippen molar-refractivity contribution in [2.24, 2.45) is 35.2 Å². The molecule has 0 N–H and O–H groups in total. The van der Waals surface area contributed by atoms with Crippen molar-refractivity contribution in [3.8, 4) is 56.9 Å². The fourth-order valence-corrected chi connectivity index (χ4v) is 19.0. The van der Waals surface area contributed by atoms with Crippen LogP contribution in [0.1, 0.15) is 99.8 Å². The average molecular weight is 1750 g/mol. The SMILES string of the molecule is Cc1c(-n2c3ccccc3c[n+]2C)cc(C(C)(C)C)cc1-[n+]1cccnc1C.Cc1c(-n2c3ccccc3c[n+]2C)cc2ccccc2c1-[n+]1ccccc1C.Cc1cc(-n2c3ccccc3c[n+]2C)c(C)c(-[n+]2cccnc2C)c1.Cc1cc(C)c(-[n+]2cccnc2C)c(C)c1-n1c2ccccc2c[n+]1C.[C-]#[N+]c1cc(-n2c3ccccc3c[n+]2C)c(C)c(-[n+]2cccnc2C)c1. The first-order valence-electron chi connectivity index (χ1n) is 45.1. The zero-order valence-electron chi connectivity index (χ0n) is 80.0. The first-order valence-corrected chi connectivity index (χ1v) is 45.1. The van der Waals surface area contributed by atoms with E-state index < -0.39 is 0 Å². The first kappa shape index (κ1) is 89.0. The van der Waals surface area contributed by atoms with Gasteiger partial charge in [0.25, 0.3) is 23.3 Å². The van der Waals surface area contributed by atoms with Gasteiger partial charge in [0.05, 0.1) is 44.5 Å². The van der Waals surface area contributed by atoms with E-state index in [9.17, 15) is 0 Å². The van der Waals surface area contributed by atoms with Crippen LogP contribution < -0.4 is 46.2 Å². The van der Waals surface area contributed by atoms with E-state index in [2.05, 4.69) is 445 Å². The molecule has 20 nitrogen and oxygen atoms in total. The molecule has 0 saturated heterocycles. The topological polar surface area (TPSA) is 119 Å². The summed E-state index contributed by atoms with van der Waals surface area (Å²) >= 11 is 0. The van der Waals surface area contributed by atoms with E-state index in [0.29, 0.717) is 5.69 Å². The Morgan fingerprint density at radius 1 is 0.293 bits per heavy atom. The molecule has 21 aromatic rings. The normalized spacial score (nSPS) is 11.3. The molecular formula is C113H116N20+10. The molecule has 20 heteroatoms. The molecule has 21 rings (SSSR count). The molecule has 0 unspecified atom stereocenters. The number of benzene rings is 11. The van der Waals surface area contributed by atoms with Gasteiger partial charge in [0.15, 0.2) is 52.8 Å². The van der Waals surface area contributed by atoms with Crippen molar-refractivity contribution < 1.29 is 46.2 Å². The van der Waals surface area contributed by atoms with Crippen molar-refractivity contribution in [3.05, 3.63) is 414 Å². The molecule has 0 spiro atoms. The second kappa shape index (κ2) is 36.9. The Bertz CT molecular complexity index is 8140. The number of fused-ring (bicyclic) bond motifs is 6. The Kier molecular flexibility index (Phi) is 24.7. The van der Waals surface area contributed by atoms with E-state index in [1.54, 1.807) is 6.20 Å². The van der Waals surface area contributed by atoms with Crippen molar-refractivity contribution >= 4 is 71.0 Å². The van der Waals surface area contributed by atoms with Crippen molar-refractivity contribution in [2.45, 2.75) is 116 Å². The Hall–Kier alpha value is -16.0. The third-order valence-corrected chi connectivity index (χ3v) is 25.5. The van der Waals surface area contributed by atoms with Crippen LogP contribution in [0.25, 0.3) is 127 Å². The lowest BCUT2D eigenvalue weighted by Crippen LogP contribution is -2.40. The second-order valence-corrected chi connectivity index (χ2v) is 35.7. The van der Waals surface area contributed by atoms with E-state index >= 15 is 0 Å². The van der Waals surface area contributed by atoms with Crippen LogP contribution in [-0.4, -0.2) is 43.3 Å². The number of hydrogen-bond acceptors (Lipinski definition) is 4. The summed E-state index contributed by atoms with van der Waals surface area (Å²) in [5.41, 5.74) is 30.5. The second-order valence-electron chi connectivity index (χ2n) is 35.7. The van der Waals surface area contributed by atoms with Crippen LogP contribution in [0.15, 0.2) is 323 Å². The molecule has 0 aliphatic carbocycles. The summed E-state index contributed by atoms with van der Waals surface area (Å²) < 4.78 is 32.9. The number of aryl methyl sites for hydroxylation is 13. The van der Waals surface area contributed by atoms with Gasteiger partial charge in [-0.2, -0.15) is 9.13 Å². The first-order chi connectivity index (χ1) is 64.1. The standard InChI is InChI=1S/C25H23N3.C24H28N4.C22H24N4.C21H19N5.C21H22N4/c1-18-10-8-9-15-27(18)25-19(2)24(16-20-11-4-6-13-22(20)25)28-23-14-7-5-12-21(23)17-26(28)3;1-17-22(27-13-9-12-25-18(27)2)14-20(24(3,4)5)15-23(17)28-21-11-8-7-10-19(21)16-26(28)6;1-15-13-16(2)22(17(3)21(15)25-12-8-11-23-18(25)4)26-20-10-7-6-9-19(20)14-24(26)5;1-15-20(25-11-7-10-23-16(25)2)12-18(22-3)13-21(15)26-19-9-6-5-8-17(19)14-24(26)4;1-15-12-20(24-11-7-10-22-17(24)3)16(2)21(13-15)25-19-9-6-5-8-18(19)14-23(25)4/h4-17H,1-3H3;7-16H,1-6H3;6-14H,1-5H3;5-14H,1-2,4H3;5-14H,1-4H3/q5*+2. The quantitative estimate of drug-likeness (QED) is 0.100. The molecular weight excluding hydrogens is 1640 g/mol. The highest BCUT2D eigenvalue weighted by molar-refractivity contribution is 5.93. The number of para-hydroxylation sites is 5. The van der Waals surface area contributed by atoms with Crippen LogP contribution in [0.2, 0.25) is 0 Å². The molecule has 0 saturated carbocycles. The zero-order chi connectivity index (χ0) is 93.5. The van der Waals surface area contributed by atoms with Crippen molar-refractivity contribution in [2.75, 3.05) is 0 Å². The van der Waals surface area contributed by atoms with Gasteiger partial charge in [0.1, 0.15) is 128 Å². The maximum Gasteiger partial charge on any atom is 0.300 e. The third-order valence-electron chi connectivity index (χ3n) is 25.5. The maximum absolute atomic E-state index is 7.55. The minimum absolute atomic E-state index is 0.0371. The van der Waals surface area contributed by atoms with E-state index in [0.717, 1.165) is 51.1 Å². The molecule has 0 fully saturated rings. The summed E-state index contributed by atoms with van der Waals surface area (Å²) in [6, 6.07) is 82.7. The van der Waals surface area contributed by atoms with Crippen LogP contribution in [0.3, 0.4) is 0 Å². The number of hydrogen-bond donors (Lipinski definition) is 0. The molecule has 0 atom stereocenters. The van der Waals surface area contributed by atoms with Crippen molar-refractivity contribution in [1.29, 1.82) is 0 Å². The van der Waals surface area contributed by atoms with Gasteiger partial charge in [0.2, 0.25) is 36.7 Å². The van der Waals surface area contributed by atoms with Crippen LogP contribution in [0.5, 0.6) is 0 Å². The zero-order valence-corrected chi connectivity index (χ0v) is 80.0. The lowest BCUT2D eigenvalue weighted by Gasteiger charge is -2.22. The summed E-state index contributed by atoms with van der Waals surface area (Å²) in [5.74, 6) is 3.81. The number of rotatable bonds is 10. The van der Waals surface area contributed by atoms with Crippen LogP contribution >= 0.6 is 0 Å². The lowest BCUT2D eigenvalue weighted by atomic mass is 9.85. The maximum atomic E-state index is 7.55. The molecule has 10 aromatic heterocycles. The summed E-state index contributed by atoms with van der Waals surface area (Å²) in [6.45, 7) is 42.0. The smallest absolute Gasteiger partial charge is 0.238 e. The highest BCUT2D eigenvalue weighted by Crippen LogP contribution is 2.36. The largest absolute Gasteiger partial charge is 0.300 e. The fraction of sp³-hybridized carbons (Fsp3) is 0.195. The Morgan fingerprint density at radius 3 is 1.05 bits per heavy atom. The predicted molar refractivity (Wildman–Crippen MR) is 525 cm³/mol. The monoisotopic (exact) mass is 1750 g/mol. The van der Waals surface area contributed by atoms with Gasteiger partial charge < -0.3 is 0 Å². The lowest BCUT2D eigenvalue weighted by molar-refractivity contribution is -0.742. The van der Waals surface area contributed by atoms with E-state index in [1.165, 1.54) is 150 Å². The van der Waals surface area contributed by atoms with Crippen LogP contribution in [0.4, 0.5) is 5.69 Å². The highest BCUT2D eigenvalue weighted by Gasteiger charge is 2.32. The van der Waals surface area contributed by atoms with Gasteiger partial charge in [0, 0.05) is 93.3 Å². The molecule has 0 aliphatic rings. The van der Waals surface area contributed by atoms with E-state index in [-0.39, 0.29) is 5.41 Å². The molecule has 0 bridgehead atoms. The Balaban J connectivity index is 0.000000116. The molecule has 10 heterocycles. The van der Waals surface area contributed by atoms with Gasteiger partial charge in [-0.15, -0.1) is 46.8 Å². The highest BCUT2D eigenvalue weighted by atomic mass is 15.4. The van der Waals surface area contributed by atoms with Crippen LogP contribution in [-0.2, 0) is 40.7 Å². The Morgan fingerprint density at radius 2 is 0.639 bits per heavy atom. The van der Waals surface area contributed by atoms with Crippen LogP contribution in [0, 0.1) is 96.6 Å². The summed E-state index contributed by atoms with van der Waals surface area (Å²) in [5, 5.41) is 8.61. The van der Waals surface area contributed by atoms with E-state index in [4.69, 9.17) is 6.57 Å². The predicted octanol–water partition coefficient (Wildman–Crippen LogP) is 18.2. The van der Waals surface area contributed by atoms with Crippen molar-refractivity contribution in [3.63, 3.8) is 0 Å². The molecule has 11 aromatic carbocycles. The van der Waals surface area contributed by atoms with Gasteiger partial charge in [-0.25, -0.2) is 18.5 Å². The van der Waals surface area contributed by atoms with Crippen molar-refractivity contribution in [1.82, 2.24) is 43.3 Å². The van der Waals surface area contributed by atoms with E-state index in [1.807, 2.05) is 113 Å². The summed E-state index contributed by atoms with van der Waals surface area (Å²) in [6.07, 6.45) is 28.5. The Labute approximate surface area is 777 Å².